The smallest absolute Gasteiger partial charge is 0.326 e. The Hall–Kier alpha value is -2.73. The predicted molar refractivity (Wildman–Crippen MR) is 111 cm³/mol. The SMILES string of the molecule is CCC(C)C(NC(=O)C(NC(=O)C(CC(N)=O)NC(=O)C(N)C(C)C)C(C)O)C(=O)O. The molecule has 6 unspecified atom stereocenters. The Morgan fingerprint density at radius 2 is 1.39 bits per heavy atom. The maximum absolute atomic E-state index is 12.7. The van der Waals surface area contributed by atoms with Crippen molar-refractivity contribution in [3.8, 4) is 0 Å². The zero-order chi connectivity index (χ0) is 24.5. The molecule has 0 aliphatic heterocycles. The van der Waals surface area contributed by atoms with Crippen LogP contribution in [0, 0.1) is 11.8 Å². The van der Waals surface area contributed by atoms with Gasteiger partial charge < -0.3 is 37.6 Å². The number of aliphatic hydroxyl groups excluding tert-OH is 1. The van der Waals surface area contributed by atoms with Crippen molar-refractivity contribution in [2.75, 3.05) is 0 Å². The zero-order valence-corrected chi connectivity index (χ0v) is 18.5. The van der Waals surface area contributed by atoms with E-state index in [1.807, 2.05) is 0 Å². The fourth-order valence-electron chi connectivity index (χ4n) is 2.57. The van der Waals surface area contributed by atoms with Crippen molar-refractivity contribution in [3.05, 3.63) is 0 Å². The summed E-state index contributed by atoms with van der Waals surface area (Å²) >= 11 is 0. The Morgan fingerprint density at radius 3 is 1.77 bits per heavy atom. The first-order chi connectivity index (χ1) is 14.2. The quantitative estimate of drug-likeness (QED) is 0.165. The van der Waals surface area contributed by atoms with Crippen LogP contribution in [0.25, 0.3) is 0 Å². The van der Waals surface area contributed by atoms with Crippen molar-refractivity contribution in [1.82, 2.24) is 16.0 Å². The molecule has 178 valence electrons. The molecule has 9 N–H and O–H groups in total. The monoisotopic (exact) mass is 445 g/mol. The highest BCUT2D eigenvalue weighted by molar-refractivity contribution is 5.96. The number of hydrogen-bond donors (Lipinski definition) is 7. The molecule has 0 fully saturated rings. The van der Waals surface area contributed by atoms with E-state index in [-0.39, 0.29) is 5.92 Å². The number of primary amides is 1. The topological polar surface area (TPSA) is 214 Å². The molecule has 0 spiro atoms. The minimum Gasteiger partial charge on any atom is -0.480 e. The van der Waals surface area contributed by atoms with Gasteiger partial charge in [-0.3, -0.25) is 19.2 Å². The van der Waals surface area contributed by atoms with E-state index in [1.165, 1.54) is 6.92 Å². The van der Waals surface area contributed by atoms with Crippen molar-refractivity contribution in [2.45, 2.75) is 77.7 Å². The standard InChI is InChI=1S/C19H35N5O7/c1-6-9(4)14(19(30)31)23-18(29)15(10(5)25)24-16(27)11(7-12(20)26)22-17(28)13(21)8(2)3/h8-11,13-15,25H,6-7,21H2,1-5H3,(H2,20,26)(H,22,28)(H,23,29)(H,24,27)(H,30,31). The molecule has 12 heteroatoms. The summed E-state index contributed by atoms with van der Waals surface area (Å²) in [5, 5.41) is 26.1. The molecule has 0 rings (SSSR count). The van der Waals surface area contributed by atoms with Crippen LogP contribution in [0.3, 0.4) is 0 Å². The van der Waals surface area contributed by atoms with Gasteiger partial charge in [-0.1, -0.05) is 34.1 Å². The van der Waals surface area contributed by atoms with E-state index in [9.17, 15) is 34.2 Å². The summed E-state index contributed by atoms with van der Waals surface area (Å²) in [6, 6.07) is -5.16. The van der Waals surface area contributed by atoms with Gasteiger partial charge in [-0.2, -0.15) is 0 Å². The molecule has 0 saturated heterocycles. The van der Waals surface area contributed by atoms with Gasteiger partial charge in [-0.15, -0.1) is 0 Å². The first kappa shape index (κ1) is 28.3. The number of carboxylic acids is 1. The third-order valence-corrected chi connectivity index (χ3v) is 4.90. The highest BCUT2D eigenvalue weighted by Crippen LogP contribution is 2.09. The molecule has 6 atom stereocenters. The van der Waals surface area contributed by atoms with Gasteiger partial charge in [0.05, 0.1) is 18.6 Å². The van der Waals surface area contributed by atoms with E-state index in [0.29, 0.717) is 6.42 Å². The number of hydrogen-bond acceptors (Lipinski definition) is 7. The Morgan fingerprint density at radius 1 is 0.871 bits per heavy atom. The number of carbonyl (C=O) groups excluding carboxylic acids is 4. The molecule has 12 nitrogen and oxygen atoms in total. The molecule has 0 saturated carbocycles. The highest BCUT2D eigenvalue weighted by atomic mass is 16.4. The number of rotatable bonds is 13. The largest absolute Gasteiger partial charge is 0.480 e. The Labute approximate surface area is 181 Å². The lowest BCUT2D eigenvalue weighted by atomic mass is 9.98. The lowest BCUT2D eigenvalue weighted by Gasteiger charge is -2.27. The van der Waals surface area contributed by atoms with Crippen LogP contribution >= 0.6 is 0 Å². The second kappa shape index (κ2) is 12.8. The van der Waals surface area contributed by atoms with Crippen molar-refractivity contribution in [2.24, 2.45) is 23.3 Å². The minimum absolute atomic E-state index is 0.248. The lowest BCUT2D eigenvalue weighted by molar-refractivity contribution is -0.144. The van der Waals surface area contributed by atoms with Gasteiger partial charge in [0.15, 0.2) is 0 Å². The number of nitrogens with one attached hydrogen (secondary N) is 3. The molecule has 0 heterocycles. The van der Waals surface area contributed by atoms with Crippen LogP contribution < -0.4 is 27.4 Å². The number of carbonyl (C=O) groups is 5. The van der Waals surface area contributed by atoms with E-state index in [1.54, 1.807) is 27.7 Å². The molecule has 0 radical (unpaired) electrons. The average Bonchev–Trinajstić information content (AvgIpc) is 2.66. The summed E-state index contributed by atoms with van der Waals surface area (Å²) in [4.78, 5) is 60.2. The van der Waals surface area contributed by atoms with Crippen molar-refractivity contribution >= 4 is 29.6 Å². The lowest BCUT2D eigenvalue weighted by Crippen LogP contribution is -2.61. The Balaban J connectivity index is 5.50. The number of carboxylic acid groups (broad SMARTS) is 1. The molecule has 0 aromatic rings. The van der Waals surface area contributed by atoms with Crippen LogP contribution in [0.4, 0.5) is 0 Å². The van der Waals surface area contributed by atoms with Crippen molar-refractivity contribution in [3.63, 3.8) is 0 Å². The van der Waals surface area contributed by atoms with Gasteiger partial charge >= 0.3 is 5.97 Å². The fraction of sp³-hybridized carbons (Fsp3) is 0.737. The van der Waals surface area contributed by atoms with Gasteiger partial charge in [0.1, 0.15) is 18.1 Å². The van der Waals surface area contributed by atoms with Gasteiger partial charge in [0, 0.05) is 0 Å². The minimum atomic E-state index is -1.54. The molecule has 0 aliphatic carbocycles. The number of nitrogens with two attached hydrogens (primary N) is 2. The summed E-state index contributed by atoms with van der Waals surface area (Å²) in [5.74, 6) is -5.40. The van der Waals surface area contributed by atoms with E-state index in [4.69, 9.17) is 11.5 Å². The molecule has 0 aliphatic rings. The van der Waals surface area contributed by atoms with E-state index in [0.717, 1.165) is 0 Å². The number of aliphatic hydroxyl groups is 1. The van der Waals surface area contributed by atoms with Gasteiger partial charge in [-0.25, -0.2) is 4.79 Å². The van der Waals surface area contributed by atoms with E-state index in [2.05, 4.69) is 16.0 Å². The number of aliphatic carboxylic acids is 1. The molecular formula is C19H35N5O7. The molecule has 4 amide bonds. The average molecular weight is 446 g/mol. The summed E-state index contributed by atoms with van der Waals surface area (Å²) in [5.41, 5.74) is 10.9. The van der Waals surface area contributed by atoms with Crippen LogP contribution in [0.1, 0.15) is 47.5 Å². The van der Waals surface area contributed by atoms with Crippen LogP contribution in [-0.2, 0) is 24.0 Å². The summed E-state index contributed by atoms with van der Waals surface area (Å²) in [7, 11) is 0. The Bertz CT molecular complexity index is 668. The first-order valence-electron chi connectivity index (χ1n) is 10.1. The van der Waals surface area contributed by atoms with Crippen LogP contribution in [0.2, 0.25) is 0 Å². The Kier molecular flexibility index (Phi) is 11.7. The molecule has 0 bridgehead atoms. The zero-order valence-electron chi connectivity index (χ0n) is 18.5. The second-order valence-electron chi connectivity index (χ2n) is 7.94. The van der Waals surface area contributed by atoms with Crippen molar-refractivity contribution < 1.29 is 34.2 Å². The third-order valence-electron chi connectivity index (χ3n) is 4.90. The van der Waals surface area contributed by atoms with E-state index < -0.39 is 72.2 Å². The van der Waals surface area contributed by atoms with Gasteiger partial charge in [0.25, 0.3) is 0 Å². The second-order valence-corrected chi connectivity index (χ2v) is 7.94. The third kappa shape index (κ3) is 9.30. The summed E-state index contributed by atoms with van der Waals surface area (Å²) < 4.78 is 0. The van der Waals surface area contributed by atoms with Gasteiger partial charge in [-0.05, 0) is 18.8 Å². The maximum Gasteiger partial charge on any atom is 0.326 e. The van der Waals surface area contributed by atoms with Crippen LogP contribution in [0.5, 0.6) is 0 Å². The van der Waals surface area contributed by atoms with E-state index >= 15 is 0 Å². The highest BCUT2D eigenvalue weighted by Gasteiger charge is 2.34. The predicted octanol–water partition coefficient (Wildman–Crippen LogP) is -2.19. The molecule has 0 aromatic carbocycles. The summed E-state index contributed by atoms with van der Waals surface area (Å²) in [6.45, 7) is 7.99. The molecule has 0 aromatic heterocycles. The molecule has 31 heavy (non-hydrogen) atoms. The first-order valence-corrected chi connectivity index (χ1v) is 10.1. The molecular weight excluding hydrogens is 410 g/mol. The fourth-order valence-corrected chi connectivity index (χ4v) is 2.57. The summed E-state index contributed by atoms with van der Waals surface area (Å²) in [6.07, 6.45) is -1.51. The normalized spacial score (nSPS) is 16.9. The van der Waals surface area contributed by atoms with Crippen molar-refractivity contribution in [1.29, 1.82) is 0 Å². The van der Waals surface area contributed by atoms with Crippen LogP contribution in [-0.4, -0.2) is 70.1 Å². The van der Waals surface area contributed by atoms with Crippen LogP contribution in [0.15, 0.2) is 0 Å². The van der Waals surface area contributed by atoms with Gasteiger partial charge in [0.2, 0.25) is 23.6 Å². The number of amides is 4. The maximum atomic E-state index is 12.7.